The predicted molar refractivity (Wildman–Crippen MR) is 111 cm³/mol. The van der Waals surface area contributed by atoms with E-state index in [0.717, 1.165) is 38.1 Å². The highest BCUT2D eigenvalue weighted by Gasteiger charge is 2.35. The van der Waals surface area contributed by atoms with Crippen LogP contribution in [0.5, 0.6) is 0 Å². The molecule has 1 aromatic carbocycles. The van der Waals surface area contributed by atoms with E-state index in [0.29, 0.717) is 35.0 Å². The molecule has 0 spiro atoms. The lowest BCUT2D eigenvalue weighted by Crippen LogP contribution is -2.50. The number of nitrogens with zero attached hydrogens (tertiary/aromatic N) is 3. The smallest absolute Gasteiger partial charge is 0.338 e. The first-order valence-electron chi connectivity index (χ1n) is 11.1. The number of piperidine rings is 1. The third-order valence-electron chi connectivity index (χ3n) is 6.94. The molecule has 0 unspecified atom stereocenters. The summed E-state index contributed by atoms with van der Waals surface area (Å²) in [6, 6.07) is 5.11. The summed E-state index contributed by atoms with van der Waals surface area (Å²) in [5, 5.41) is 0.505. The zero-order valence-corrected chi connectivity index (χ0v) is 17.1. The molecule has 1 amide bonds. The Hall–Kier alpha value is -2.70. The minimum atomic E-state index is -0.551. The third-order valence-corrected chi connectivity index (χ3v) is 6.94. The van der Waals surface area contributed by atoms with Crippen LogP contribution in [0.1, 0.15) is 61.1 Å². The summed E-state index contributed by atoms with van der Waals surface area (Å²) >= 11 is 0. The van der Waals surface area contributed by atoms with E-state index in [1.54, 1.807) is 22.8 Å². The molecule has 158 valence electrons. The Bertz CT molecular complexity index is 1060. The number of likely N-dealkylation sites (tertiary alicyclic amines) is 1. The van der Waals surface area contributed by atoms with Crippen LogP contribution in [0.15, 0.2) is 23.0 Å². The van der Waals surface area contributed by atoms with Gasteiger partial charge in [0.2, 0.25) is 0 Å². The summed E-state index contributed by atoms with van der Waals surface area (Å²) < 4.78 is 7.06. The third kappa shape index (κ3) is 3.40. The average Bonchev–Trinajstić information content (AvgIpc) is 3.25. The van der Waals surface area contributed by atoms with Gasteiger partial charge in [0.1, 0.15) is 5.82 Å². The number of fused-ring (bicyclic) bond motifs is 3. The Kier molecular flexibility index (Phi) is 5.05. The molecule has 7 nitrogen and oxygen atoms in total. The number of rotatable bonds is 3. The number of aromatic nitrogens is 2. The first-order valence-corrected chi connectivity index (χ1v) is 11.1. The van der Waals surface area contributed by atoms with Crippen LogP contribution < -0.4 is 5.56 Å². The topological polar surface area (TPSA) is 81.5 Å². The van der Waals surface area contributed by atoms with Crippen LogP contribution in [-0.2, 0) is 22.5 Å². The van der Waals surface area contributed by atoms with Crippen molar-refractivity contribution in [2.24, 2.45) is 5.92 Å². The normalized spacial score (nSPS) is 23.1. The van der Waals surface area contributed by atoms with Crippen LogP contribution in [-0.4, -0.2) is 45.5 Å². The summed E-state index contributed by atoms with van der Waals surface area (Å²) in [4.78, 5) is 44.4. The van der Waals surface area contributed by atoms with Gasteiger partial charge in [0.15, 0.2) is 6.61 Å². The number of amides is 1. The van der Waals surface area contributed by atoms with Gasteiger partial charge in [0, 0.05) is 25.6 Å². The van der Waals surface area contributed by atoms with Crippen molar-refractivity contribution in [3.8, 4) is 0 Å². The van der Waals surface area contributed by atoms with Gasteiger partial charge in [-0.05, 0) is 56.2 Å². The van der Waals surface area contributed by atoms with E-state index in [9.17, 15) is 14.4 Å². The Balaban J connectivity index is 1.28. The fourth-order valence-electron chi connectivity index (χ4n) is 5.44. The Labute approximate surface area is 175 Å². The number of aryl methyl sites for hydroxylation is 1. The lowest BCUT2D eigenvalue weighted by Gasteiger charge is -2.44. The van der Waals surface area contributed by atoms with Gasteiger partial charge in [-0.25, -0.2) is 9.78 Å². The molecule has 3 heterocycles. The minimum Gasteiger partial charge on any atom is -0.452 e. The first-order chi connectivity index (χ1) is 14.6. The molecule has 5 rings (SSSR count). The molecule has 0 bridgehead atoms. The fourth-order valence-corrected chi connectivity index (χ4v) is 5.44. The van der Waals surface area contributed by atoms with Crippen LogP contribution in [0.3, 0.4) is 0 Å². The SMILES string of the molecule is O=C(OCC(=O)N1CCC[C@H]2CCCC[C@@H]21)c1ccc2c(=O)n3c(nc2c1)CCC3. The predicted octanol–water partition coefficient (Wildman–Crippen LogP) is 2.68. The van der Waals surface area contributed by atoms with Gasteiger partial charge in [-0.15, -0.1) is 0 Å². The monoisotopic (exact) mass is 409 g/mol. The molecule has 1 aliphatic carbocycles. The van der Waals surface area contributed by atoms with Crippen molar-refractivity contribution in [1.29, 1.82) is 0 Å². The highest BCUT2D eigenvalue weighted by atomic mass is 16.5. The summed E-state index contributed by atoms with van der Waals surface area (Å²) in [5.41, 5.74) is 0.768. The van der Waals surface area contributed by atoms with E-state index in [1.165, 1.54) is 25.7 Å². The van der Waals surface area contributed by atoms with Crippen LogP contribution in [0.4, 0.5) is 0 Å². The van der Waals surface area contributed by atoms with Crippen molar-refractivity contribution in [2.45, 2.75) is 64.0 Å². The molecule has 3 aliphatic rings. The second-order valence-corrected chi connectivity index (χ2v) is 8.74. The molecule has 1 saturated carbocycles. The molecular formula is C23H27N3O4. The summed E-state index contributed by atoms with van der Waals surface area (Å²) in [6.07, 6.45) is 8.57. The largest absolute Gasteiger partial charge is 0.452 e. The molecule has 2 aromatic rings. The quantitative estimate of drug-likeness (QED) is 0.728. The van der Waals surface area contributed by atoms with E-state index >= 15 is 0 Å². The zero-order chi connectivity index (χ0) is 20.7. The standard InChI is InChI=1S/C23H27N3O4/c27-21(25-11-3-6-15-5-1-2-7-19(15)25)14-30-23(29)16-9-10-17-18(13-16)24-20-8-4-12-26(20)22(17)28/h9-10,13,15,19H,1-8,11-12,14H2/t15-,19+/m1/s1. The van der Waals surface area contributed by atoms with Crippen molar-refractivity contribution < 1.29 is 14.3 Å². The second-order valence-electron chi connectivity index (χ2n) is 8.74. The number of carbonyl (C=O) groups excluding carboxylic acids is 2. The highest BCUT2D eigenvalue weighted by molar-refractivity contribution is 5.95. The van der Waals surface area contributed by atoms with Crippen molar-refractivity contribution in [1.82, 2.24) is 14.5 Å². The Morgan fingerprint density at radius 2 is 1.90 bits per heavy atom. The van der Waals surface area contributed by atoms with Crippen LogP contribution >= 0.6 is 0 Å². The number of esters is 1. The lowest BCUT2D eigenvalue weighted by atomic mass is 9.78. The average molecular weight is 409 g/mol. The van der Waals surface area contributed by atoms with E-state index in [-0.39, 0.29) is 18.1 Å². The summed E-state index contributed by atoms with van der Waals surface area (Å²) in [6.45, 7) is 1.22. The maximum absolute atomic E-state index is 12.8. The molecule has 2 fully saturated rings. The molecule has 30 heavy (non-hydrogen) atoms. The van der Waals surface area contributed by atoms with Crippen LogP contribution in [0.2, 0.25) is 0 Å². The maximum Gasteiger partial charge on any atom is 0.338 e. The van der Waals surface area contributed by atoms with Gasteiger partial charge in [0.05, 0.1) is 16.5 Å². The van der Waals surface area contributed by atoms with Crippen LogP contribution in [0, 0.1) is 5.92 Å². The molecule has 7 heteroatoms. The van der Waals surface area contributed by atoms with E-state index in [1.807, 2.05) is 4.90 Å². The van der Waals surface area contributed by atoms with Gasteiger partial charge < -0.3 is 9.64 Å². The number of hydrogen-bond acceptors (Lipinski definition) is 5. The van der Waals surface area contributed by atoms with Gasteiger partial charge >= 0.3 is 5.97 Å². The van der Waals surface area contributed by atoms with Crippen molar-refractivity contribution in [3.63, 3.8) is 0 Å². The second kappa shape index (κ2) is 7.85. The van der Waals surface area contributed by atoms with Crippen molar-refractivity contribution in [2.75, 3.05) is 13.2 Å². The molecule has 2 atom stereocenters. The summed E-state index contributed by atoms with van der Waals surface area (Å²) in [5.74, 6) is 0.708. The Morgan fingerprint density at radius 3 is 2.80 bits per heavy atom. The molecule has 2 aliphatic heterocycles. The molecule has 1 saturated heterocycles. The number of benzene rings is 1. The molecule has 1 aromatic heterocycles. The van der Waals surface area contributed by atoms with Gasteiger partial charge in [0.25, 0.3) is 11.5 Å². The minimum absolute atomic E-state index is 0.0604. The number of carbonyl (C=O) groups is 2. The van der Waals surface area contributed by atoms with Gasteiger partial charge in [-0.3, -0.25) is 14.2 Å². The van der Waals surface area contributed by atoms with E-state index in [4.69, 9.17) is 4.74 Å². The molecular weight excluding hydrogens is 382 g/mol. The van der Waals surface area contributed by atoms with Gasteiger partial charge in [-0.2, -0.15) is 0 Å². The Morgan fingerprint density at radius 1 is 1.07 bits per heavy atom. The van der Waals surface area contributed by atoms with Crippen LogP contribution in [0.25, 0.3) is 10.9 Å². The summed E-state index contributed by atoms with van der Waals surface area (Å²) in [7, 11) is 0. The van der Waals surface area contributed by atoms with E-state index in [2.05, 4.69) is 4.98 Å². The maximum atomic E-state index is 12.8. The lowest BCUT2D eigenvalue weighted by molar-refractivity contribution is -0.140. The van der Waals surface area contributed by atoms with E-state index < -0.39 is 5.97 Å². The fraction of sp³-hybridized carbons (Fsp3) is 0.565. The van der Waals surface area contributed by atoms with Gasteiger partial charge in [-0.1, -0.05) is 12.8 Å². The van der Waals surface area contributed by atoms with Crippen molar-refractivity contribution >= 4 is 22.8 Å². The zero-order valence-electron chi connectivity index (χ0n) is 17.1. The molecule has 0 N–H and O–H groups in total. The first kappa shape index (κ1) is 19.3. The highest BCUT2D eigenvalue weighted by Crippen LogP contribution is 2.35. The molecule has 0 radical (unpaired) electrons. The number of ether oxygens (including phenoxy) is 1. The van der Waals surface area contributed by atoms with Crippen molar-refractivity contribution in [3.05, 3.63) is 39.9 Å². The number of hydrogen-bond donors (Lipinski definition) is 0.